The summed E-state index contributed by atoms with van der Waals surface area (Å²) in [5, 5.41) is 8.71. The lowest BCUT2D eigenvalue weighted by atomic mass is 10.1. The van der Waals surface area contributed by atoms with Gasteiger partial charge in [0.25, 0.3) is 0 Å². The molecule has 0 aromatic rings. The van der Waals surface area contributed by atoms with Crippen molar-refractivity contribution in [3.63, 3.8) is 0 Å². The highest BCUT2D eigenvalue weighted by atomic mass is 31.2. The lowest BCUT2D eigenvalue weighted by molar-refractivity contribution is -0.160. The van der Waals surface area contributed by atoms with E-state index in [2.05, 4.69) is 23.6 Å². The number of phosphoric acid groups is 1. The molecule has 0 spiro atoms. The Morgan fingerprint density at radius 3 is 1.82 bits per heavy atom. The van der Waals surface area contributed by atoms with Crippen LogP contribution >= 0.6 is 7.82 Å². The molecule has 11 nitrogen and oxygen atoms in total. The first-order valence-corrected chi connectivity index (χ1v) is 16.1. The number of carbonyl (C=O) groups is 3. The van der Waals surface area contributed by atoms with Crippen LogP contribution < -0.4 is 5.73 Å². The summed E-state index contributed by atoms with van der Waals surface area (Å²) in [6.45, 7) is 1.69. The summed E-state index contributed by atoms with van der Waals surface area (Å²) in [6, 6.07) is -1.51. The van der Waals surface area contributed by atoms with E-state index in [1.165, 1.54) is 64.7 Å². The molecule has 12 heteroatoms. The molecule has 0 aromatic carbocycles. The van der Waals surface area contributed by atoms with Crippen LogP contribution in [0.1, 0.15) is 117 Å². The fourth-order valence-electron chi connectivity index (χ4n) is 3.73. The average Bonchev–Trinajstić information content (AvgIpc) is 2.90. The number of esters is 2. The molecule has 0 fully saturated rings. The topological polar surface area (TPSA) is 172 Å². The van der Waals surface area contributed by atoms with E-state index >= 15 is 0 Å². The Kier molecular flexibility index (Phi) is 23.9. The summed E-state index contributed by atoms with van der Waals surface area (Å²) in [4.78, 5) is 43.7. The lowest BCUT2D eigenvalue weighted by Crippen LogP contribution is -2.34. The normalized spacial score (nSPS) is 14.5. The Balaban J connectivity index is 4.00. The zero-order valence-electron chi connectivity index (χ0n) is 24.4. The van der Waals surface area contributed by atoms with Gasteiger partial charge in [-0.1, -0.05) is 83.3 Å². The van der Waals surface area contributed by atoms with E-state index in [4.69, 9.17) is 24.8 Å². The maximum absolute atomic E-state index is 12.2. The summed E-state index contributed by atoms with van der Waals surface area (Å²) in [5.74, 6) is -2.58. The van der Waals surface area contributed by atoms with E-state index in [0.29, 0.717) is 6.42 Å². The number of ether oxygens (including phenoxy) is 2. The third-order valence-corrected chi connectivity index (χ3v) is 7.02. The van der Waals surface area contributed by atoms with Crippen molar-refractivity contribution < 1.29 is 47.5 Å². The van der Waals surface area contributed by atoms with Crippen LogP contribution in [0.5, 0.6) is 0 Å². The minimum absolute atomic E-state index is 0.153. The van der Waals surface area contributed by atoms with Gasteiger partial charge in [-0.2, -0.15) is 0 Å². The number of allylic oxidation sites excluding steroid dienone is 2. The van der Waals surface area contributed by atoms with Gasteiger partial charge in [0, 0.05) is 13.3 Å². The maximum Gasteiger partial charge on any atom is 0.472 e. The highest BCUT2D eigenvalue weighted by Gasteiger charge is 2.27. The Hall–Kier alpha value is -1.78. The highest BCUT2D eigenvalue weighted by molar-refractivity contribution is 7.47. The zero-order valence-corrected chi connectivity index (χ0v) is 25.3. The quantitative estimate of drug-likeness (QED) is 0.0453. The summed E-state index contributed by atoms with van der Waals surface area (Å²) in [7, 11) is -4.67. The molecule has 0 aliphatic heterocycles. The minimum atomic E-state index is -4.67. The van der Waals surface area contributed by atoms with Crippen LogP contribution in [-0.4, -0.2) is 59.9 Å². The standard InChI is InChI=1S/C28H52NO10P/c1-3-4-5-6-7-8-9-10-11-12-13-14-15-16-17-18-19-20-27(31)39-25(21-36-24(2)30)22-37-40(34,35)38-23-26(29)28(32)33/h10-11,25-26H,3-9,12-23,29H2,1-2H3,(H,32,33)(H,34,35)/b11-10-. The van der Waals surface area contributed by atoms with E-state index in [-0.39, 0.29) is 13.0 Å². The van der Waals surface area contributed by atoms with Crippen molar-refractivity contribution in [3.05, 3.63) is 12.2 Å². The molecule has 0 bridgehead atoms. The summed E-state index contributed by atoms with van der Waals surface area (Å²) < 4.78 is 31.3. The fourth-order valence-corrected chi connectivity index (χ4v) is 4.50. The van der Waals surface area contributed by atoms with Gasteiger partial charge >= 0.3 is 25.7 Å². The summed E-state index contributed by atoms with van der Waals surface area (Å²) >= 11 is 0. The molecule has 0 saturated heterocycles. The predicted octanol–water partition coefficient (Wildman–Crippen LogP) is 5.82. The van der Waals surface area contributed by atoms with Crippen molar-refractivity contribution in [2.75, 3.05) is 19.8 Å². The van der Waals surface area contributed by atoms with E-state index in [1.54, 1.807) is 0 Å². The first-order valence-electron chi connectivity index (χ1n) is 14.7. The molecule has 0 aromatic heterocycles. The van der Waals surface area contributed by atoms with Crippen LogP contribution in [0.15, 0.2) is 12.2 Å². The maximum atomic E-state index is 12.2. The third kappa shape index (κ3) is 25.2. The van der Waals surface area contributed by atoms with Crippen LogP contribution in [0.4, 0.5) is 0 Å². The van der Waals surface area contributed by atoms with E-state index < -0.39 is 51.1 Å². The van der Waals surface area contributed by atoms with Crippen LogP contribution in [0, 0.1) is 0 Å². The molecule has 0 amide bonds. The molecule has 234 valence electrons. The summed E-state index contributed by atoms with van der Waals surface area (Å²) in [6.07, 6.45) is 21.1. The van der Waals surface area contributed by atoms with Gasteiger partial charge in [-0.3, -0.25) is 23.4 Å². The monoisotopic (exact) mass is 593 g/mol. The van der Waals surface area contributed by atoms with Gasteiger partial charge in [0.15, 0.2) is 6.10 Å². The number of hydrogen-bond acceptors (Lipinski definition) is 9. The van der Waals surface area contributed by atoms with Crippen LogP contribution in [0.25, 0.3) is 0 Å². The molecule has 0 saturated carbocycles. The first kappa shape index (κ1) is 38.2. The molecule has 3 atom stereocenters. The average molecular weight is 594 g/mol. The largest absolute Gasteiger partial charge is 0.480 e. The molecule has 0 rings (SSSR count). The number of aliphatic carboxylic acids is 1. The summed E-state index contributed by atoms with van der Waals surface area (Å²) in [5.41, 5.74) is 5.22. The number of unbranched alkanes of at least 4 members (excludes halogenated alkanes) is 13. The fraction of sp³-hybridized carbons (Fsp3) is 0.821. The number of phosphoric ester groups is 1. The second kappa shape index (κ2) is 25.0. The Morgan fingerprint density at radius 1 is 0.800 bits per heavy atom. The van der Waals surface area contributed by atoms with Crippen LogP contribution in [0.3, 0.4) is 0 Å². The van der Waals surface area contributed by atoms with Crippen LogP contribution in [0.2, 0.25) is 0 Å². The van der Waals surface area contributed by atoms with Crippen molar-refractivity contribution in [2.45, 2.75) is 129 Å². The molecule has 0 radical (unpaired) electrons. The van der Waals surface area contributed by atoms with Gasteiger partial charge in [-0.05, 0) is 32.1 Å². The van der Waals surface area contributed by atoms with Crippen LogP contribution in [-0.2, 0) is 37.5 Å². The van der Waals surface area contributed by atoms with Gasteiger partial charge in [-0.25, -0.2) is 4.57 Å². The molecule has 0 heterocycles. The van der Waals surface area contributed by atoms with Gasteiger partial charge in [0.1, 0.15) is 12.6 Å². The number of carboxylic acids is 1. The van der Waals surface area contributed by atoms with Gasteiger partial charge in [0.05, 0.1) is 13.2 Å². The van der Waals surface area contributed by atoms with Crippen molar-refractivity contribution in [1.29, 1.82) is 0 Å². The number of carboxylic acid groups (broad SMARTS) is 1. The Labute approximate surface area is 239 Å². The molecule has 40 heavy (non-hydrogen) atoms. The first-order chi connectivity index (χ1) is 19.1. The van der Waals surface area contributed by atoms with Gasteiger partial charge in [-0.15, -0.1) is 0 Å². The van der Waals surface area contributed by atoms with Crippen molar-refractivity contribution in [3.8, 4) is 0 Å². The zero-order chi connectivity index (χ0) is 30.1. The molecular weight excluding hydrogens is 541 g/mol. The van der Waals surface area contributed by atoms with E-state index in [0.717, 1.165) is 32.1 Å². The molecule has 3 unspecified atom stereocenters. The Bertz CT molecular complexity index is 761. The number of hydrogen-bond donors (Lipinski definition) is 3. The second-order valence-corrected chi connectivity index (χ2v) is 11.4. The smallest absolute Gasteiger partial charge is 0.472 e. The van der Waals surface area contributed by atoms with Crippen molar-refractivity contribution in [2.24, 2.45) is 5.73 Å². The number of nitrogens with two attached hydrogens (primary N) is 1. The molecular formula is C28H52NO10P. The van der Waals surface area contributed by atoms with Gasteiger partial charge in [0.2, 0.25) is 0 Å². The minimum Gasteiger partial charge on any atom is -0.480 e. The highest BCUT2D eigenvalue weighted by Crippen LogP contribution is 2.43. The lowest BCUT2D eigenvalue weighted by Gasteiger charge is -2.20. The molecule has 0 aliphatic rings. The van der Waals surface area contributed by atoms with E-state index in [9.17, 15) is 23.8 Å². The predicted molar refractivity (Wildman–Crippen MR) is 153 cm³/mol. The third-order valence-electron chi connectivity index (χ3n) is 6.07. The Morgan fingerprint density at radius 2 is 1.30 bits per heavy atom. The second-order valence-electron chi connectivity index (χ2n) is 9.96. The molecule has 0 aliphatic carbocycles. The molecule has 4 N–H and O–H groups in total. The van der Waals surface area contributed by atoms with Crippen molar-refractivity contribution >= 4 is 25.7 Å². The number of rotatable bonds is 27. The van der Waals surface area contributed by atoms with E-state index in [1.807, 2.05) is 0 Å². The SMILES string of the molecule is CCCCCCCC/C=C\CCCCCCCCCC(=O)OC(COC(C)=O)COP(=O)(O)OCC(N)C(=O)O. The number of carbonyl (C=O) groups excluding carboxylic acids is 2. The van der Waals surface area contributed by atoms with Gasteiger partial charge < -0.3 is 25.2 Å². The van der Waals surface area contributed by atoms with Crippen molar-refractivity contribution in [1.82, 2.24) is 0 Å².